The summed E-state index contributed by atoms with van der Waals surface area (Å²) < 4.78 is 5.10. The maximum absolute atomic E-state index is 12.3. The van der Waals surface area contributed by atoms with Crippen molar-refractivity contribution in [1.82, 2.24) is 10.5 Å². The van der Waals surface area contributed by atoms with E-state index in [2.05, 4.69) is 21.9 Å². The lowest BCUT2D eigenvalue weighted by molar-refractivity contribution is -0.115. The van der Waals surface area contributed by atoms with Crippen molar-refractivity contribution >= 4 is 11.6 Å². The van der Waals surface area contributed by atoms with Crippen molar-refractivity contribution in [1.29, 1.82) is 0 Å². The van der Waals surface area contributed by atoms with Crippen molar-refractivity contribution in [3.05, 3.63) is 46.3 Å². The van der Waals surface area contributed by atoms with Crippen LogP contribution < -0.4 is 10.6 Å². The zero-order valence-electron chi connectivity index (χ0n) is 12.3. The summed E-state index contributed by atoms with van der Waals surface area (Å²) >= 11 is 0. The number of carbonyl (C=O) groups is 1. The van der Waals surface area contributed by atoms with Crippen LogP contribution >= 0.6 is 0 Å². The highest BCUT2D eigenvalue weighted by Crippen LogP contribution is 2.23. The molecule has 2 aromatic rings. The number of rotatable bonds is 3. The normalized spacial score (nSPS) is 13.8. The molecule has 1 aromatic heterocycles. The van der Waals surface area contributed by atoms with Gasteiger partial charge in [0.2, 0.25) is 5.91 Å². The number of hydrogen-bond donors (Lipinski definition) is 2. The highest BCUT2D eigenvalue weighted by atomic mass is 16.5. The molecule has 0 atom stereocenters. The first kappa shape index (κ1) is 13.8. The Hall–Kier alpha value is -2.14. The van der Waals surface area contributed by atoms with Crippen LogP contribution in [0.1, 0.15) is 28.1 Å². The molecule has 0 bridgehead atoms. The molecule has 0 saturated carbocycles. The molecule has 2 N–H and O–H groups in total. The molecular weight excluding hydrogens is 266 g/mol. The average molecular weight is 285 g/mol. The number of nitrogens with one attached hydrogen (secondary N) is 2. The molecule has 1 aliphatic rings. The Morgan fingerprint density at radius 3 is 3.05 bits per heavy atom. The minimum atomic E-state index is -0.0385. The second-order valence-electron chi connectivity index (χ2n) is 5.40. The number of amides is 1. The Labute approximate surface area is 123 Å². The number of fused-ring (bicyclic) bond motifs is 1. The number of aryl methyl sites for hydroxylation is 2. The van der Waals surface area contributed by atoms with Gasteiger partial charge in [-0.25, -0.2) is 0 Å². The fraction of sp³-hybridized carbons (Fsp3) is 0.375. The molecule has 21 heavy (non-hydrogen) atoms. The molecule has 0 aliphatic carbocycles. The molecule has 0 unspecified atom stereocenters. The van der Waals surface area contributed by atoms with E-state index in [0.29, 0.717) is 5.76 Å². The lowest BCUT2D eigenvalue weighted by Gasteiger charge is -2.20. The van der Waals surface area contributed by atoms with Gasteiger partial charge in [0.1, 0.15) is 5.76 Å². The van der Waals surface area contributed by atoms with E-state index in [0.717, 1.165) is 36.5 Å². The first-order chi connectivity index (χ1) is 10.1. The Balaban J connectivity index is 1.76. The van der Waals surface area contributed by atoms with E-state index in [1.807, 2.05) is 26.0 Å². The van der Waals surface area contributed by atoms with Gasteiger partial charge in [0.05, 0.1) is 12.1 Å². The summed E-state index contributed by atoms with van der Waals surface area (Å²) in [6.45, 7) is 5.48. The van der Waals surface area contributed by atoms with Gasteiger partial charge in [-0.2, -0.15) is 0 Å². The number of hydrogen-bond acceptors (Lipinski definition) is 4. The molecule has 0 radical (unpaired) electrons. The van der Waals surface area contributed by atoms with Gasteiger partial charge < -0.3 is 15.2 Å². The largest absolute Gasteiger partial charge is 0.361 e. The zero-order chi connectivity index (χ0) is 14.8. The predicted molar refractivity (Wildman–Crippen MR) is 80.2 cm³/mol. The van der Waals surface area contributed by atoms with Gasteiger partial charge in [-0.15, -0.1) is 0 Å². The molecule has 1 amide bonds. The van der Waals surface area contributed by atoms with Gasteiger partial charge in [-0.05, 0) is 44.0 Å². The van der Waals surface area contributed by atoms with Crippen LogP contribution in [-0.4, -0.2) is 17.6 Å². The molecule has 0 spiro atoms. The highest BCUT2D eigenvalue weighted by Gasteiger charge is 2.17. The molecule has 2 heterocycles. The second kappa shape index (κ2) is 5.69. The van der Waals surface area contributed by atoms with Crippen molar-refractivity contribution in [3.63, 3.8) is 0 Å². The Bertz CT molecular complexity index is 657. The molecule has 5 heteroatoms. The van der Waals surface area contributed by atoms with Crippen LogP contribution in [0.2, 0.25) is 0 Å². The molecule has 0 fully saturated rings. The predicted octanol–water partition coefficient (Wildman–Crippen LogP) is 2.12. The lowest BCUT2D eigenvalue weighted by Crippen LogP contribution is -2.26. The fourth-order valence-electron chi connectivity index (χ4n) is 2.74. The highest BCUT2D eigenvalue weighted by molar-refractivity contribution is 5.93. The second-order valence-corrected chi connectivity index (χ2v) is 5.40. The minimum absolute atomic E-state index is 0.0385. The van der Waals surface area contributed by atoms with E-state index >= 15 is 0 Å². The van der Waals surface area contributed by atoms with Gasteiger partial charge in [0.15, 0.2) is 0 Å². The standard InChI is InChI=1S/C16H19N3O2/c1-10-13(11(2)21-19-10)8-16(20)18-15-5-3-4-12-6-7-17-9-14(12)15/h3-5,17H,6-9H2,1-2H3,(H,18,20). The monoisotopic (exact) mass is 285 g/mol. The van der Waals surface area contributed by atoms with E-state index in [9.17, 15) is 4.79 Å². The Kier molecular flexibility index (Phi) is 3.75. The van der Waals surface area contributed by atoms with Gasteiger partial charge >= 0.3 is 0 Å². The van der Waals surface area contributed by atoms with Crippen LogP contribution in [-0.2, 0) is 24.2 Å². The summed E-state index contributed by atoms with van der Waals surface area (Å²) in [4.78, 5) is 12.3. The Morgan fingerprint density at radius 1 is 1.43 bits per heavy atom. The summed E-state index contributed by atoms with van der Waals surface area (Å²) in [6.07, 6.45) is 1.29. The third-order valence-electron chi connectivity index (χ3n) is 3.94. The number of nitrogens with zero attached hydrogens (tertiary/aromatic N) is 1. The van der Waals surface area contributed by atoms with E-state index < -0.39 is 0 Å². The van der Waals surface area contributed by atoms with Crippen molar-refractivity contribution in [2.24, 2.45) is 0 Å². The van der Waals surface area contributed by atoms with E-state index in [1.165, 1.54) is 11.1 Å². The zero-order valence-corrected chi connectivity index (χ0v) is 12.3. The van der Waals surface area contributed by atoms with Crippen molar-refractivity contribution < 1.29 is 9.32 Å². The average Bonchev–Trinajstić information content (AvgIpc) is 2.79. The van der Waals surface area contributed by atoms with Crippen LogP contribution in [0.5, 0.6) is 0 Å². The quantitative estimate of drug-likeness (QED) is 0.906. The molecule has 0 saturated heterocycles. The van der Waals surface area contributed by atoms with E-state index in [1.54, 1.807) is 0 Å². The molecule has 1 aromatic carbocycles. The lowest BCUT2D eigenvalue weighted by atomic mass is 9.99. The van der Waals surface area contributed by atoms with Gasteiger partial charge in [0.25, 0.3) is 0 Å². The maximum atomic E-state index is 12.3. The molecular formula is C16H19N3O2. The SMILES string of the molecule is Cc1noc(C)c1CC(=O)Nc1cccc2c1CNCC2. The fourth-order valence-corrected chi connectivity index (χ4v) is 2.74. The third kappa shape index (κ3) is 2.83. The first-order valence-corrected chi connectivity index (χ1v) is 7.18. The number of anilines is 1. The smallest absolute Gasteiger partial charge is 0.229 e. The minimum Gasteiger partial charge on any atom is -0.361 e. The topological polar surface area (TPSA) is 67.2 Å². The molecule has 5 nitrogen and oxygen atoms in total. The summed E-state index contributed by atoms with van der Waals surface area (Å²) in [7, 11) is 0. The number of carbonyl (C=O) groups excluding carboxylic acids is 1. The summed E-state index contributed by atoms with van der Waals surface area (Å²) in [5, 5.41) is 10.2. The number of benzene rings is 1. The van der Waals surface area contributed by atoms with E-state index in [-0.39, 0.29) is 12.3 Å². The van der Waals surface area contributed by atoms with Gasteiger partial charge in [-0.3, -0.25) is 4.79 Å². The van der Waals surface area contributed by atoms with Crippen LogP contribution in [0.25, 0.3) is 0 Å². The molecule has 3 rings (SSSR count). The van der Waals surface area contributed by atoms with Crippen LogP contribution in [0.15, 0.2) is 22.7 Å². The van der Waals surface area contributed by atoms with Crippen LogP contribution in [0.4, 0.5) is 5.69 Å². The summed E-state index contributed by atoms with van der Waals surface area (Å²) in [6, 6.07) is 6.08. The molecule has 110 valence electrons. The van der Waals surface area contributed by atoms with Crippen molar-refractivity contribution in [2.75, 3.05) is 11.9 Å². The van der Waals surface area contributed by atoms with Crippen molar-refractivity contribution in [2.45, 2.75) is 33.2 Å². The van der Waals surface area contributed by atoms with Crippen LogP contribution in [0.3, 0.4) is 0 Å². The van der Waals surface area contributed by atoms with Crippen LogP contribution in [0, 0.1) is 13.8 Å². The number of aromatic nitrogens is 1. The maximum Gasteiger partial charge on any atom is 0.229 e. The Morgan fingerprint density at radius 2 is 2.29 bits per heavy atom. The van der Waals surface area contributed by atoms with Gasteiger partial charge in [-0.1, -0.05) is 17.3 Å². The summed E-state index contributed by atoms with van der Waals surface area (Å²) in [5.41, 5.74) is 5.05. The molecule has 1 aliphatic heterocycles. The third-order valence-corrected chi connectivity index (χ3v) is 3.94. The van der Waals surface area contributed by atoms with Gasteiger partial charge in [0, 0.05) is 17.8 Å². The summed E-state index contributed by atoms with van der Waals surface area (Å²) in [5.74, 6) is 0.669. The van der Waals surface area contributed by atoms with E-state index in [4.69, 9.17) is 4.52 Å². The first-order valence-electron chi connectivity index (χ1n) is 7.18. The van der Waals surface area contributed by atoms with Crippen molar-refractivity contribution in [3.8, 4) is 0 Å².